The molecule has 2 saturated heterocycles. The van der Waals surface area contributed by atoms with Gasteiger partial charge in [-0.25, -0.2) is 17.2 Å². The topological polar surface area (TPSA) is 66.9 Å². The molecular formula is C14H16F2N2O4S. The fourth-order valence-electron chi connectivity index (χ4n) is 2.88. The predicted octanol–water partition coefficient (Wildman–Crippen LogP) is 0.442. The summed E-state index contributed by atoms with van der Waals surface area (Å²) in [6, 6.07) is 1.74. The standard InChI is InChI=1S/C14H16F2N2O4S/c1-17-12-6-18(5-9(14(17)19)7-22-8-12)23(20,21)13-3-10(15)2-11(16)4-13/h2-4,9,12H,5-8H2,1H3/t9-,12+/m1/s1. The second-order valence-electron chi connectivity index (χ2n) is 5.76. The first-order valence-corrected chi connectivity index (χ1v) is 8.53. The number of hydrogen-bond donors (Lipinski definition) is 0. The maximum Gasteiger partial charge on any atom is 0.243 e. The first-order valence-electron chi connectivity index (χ1n) is 7.09. The maximum atomic E-state index is 13.4. The van der Waals surface area contributed by atoms with Crippen LogP contribution in [0.3, 0.4) is 0 Å². The van der Waals surface area contributed by atoms with Gasteiger partial charge in [-0.3, -0.25) is 4.79 Å². The van der Waals surface area contributed by atoms with E-state index in [4.69, 9.17) is 4.74 Å². The first-order chi connectivity index (χ1) is 10.8. The van der Waals surface area contributed by atoms with Crippen LogP contribution in [0.2, 0.25) is 0 Å². The molecule has 0 unspecified atom stereocenters. The highest BCUT2D eigenvalue weighted by Gasteiger charge is 2.41. The average Bonchev–Trinajstić information content (AvgIpc) is 2.63. The Hall–Kier alpha value is -1.58. The van der Waals surface area contributed by atoms with Crippen molar-refractivity contribution in [2.24, 2.45) is 5.92 Å². The fourth-order valence-corrected chi connectivity index (χ4v) is 4.45. The number of halogens is 2. The number of sulfonamides is 1. The molecule has 23 heavy (non-hydrogen) atoms. The van der Waals surface area contributed by atoms with Gasteiger partial charge in [-0.1, -0.05) is 0 Å². The molecule has 0 saturated carbocycles. The van der Waals surface area contributed by atoms with Crippen LogP contribution in [0.5, 0.6) is 0 Å². The van der Waals surface area contributed by atoms with E-state index in [9.17, 15) is 22.0 Å². The van der Waals surface area contributed by atoms with Gasteiger partial charge >= 0.3 is 0 Å². The zero-order valence-electron chi connectivity index (χ0n) is 12.4. The lowest BCUT2D eigenvalue weighted by atomic mass is 10.1. The summed E-state index contributed by atoms with van der Waals surface area (Å²) >= 11 is 0. The number of carbonyl (C=O) groups is 1. The number of amides is 1. The second-order valence-corrected chi connectivity index (χ2v) is 7.70. The van der Waals surface area contributed by atoms with Gasteiger partial charge in [0.25, 0.3) is 0 Å². The van der Waals surface area contributed by atoms with E-state index in [0.29, 0.717) is 6.07 Å². The van der Waals surface area contributed by atoms with Gasteiger partial charge in [0.05, 0.1) is 30.1 Å². The number of rotatable bonds is 2. The zero-order valence-corrected chi connectivity index (χ0v) is 13.2. The molecule has 1 aromatic carbocycles. The van der Waals surface area contributed by atoms with E-state index in [2.05, 4.69) is 0 Å². The molecule has 126 valence electrons. The van der Waals surface area contributed by atoms with Crippen LogP contribution in [0, 0.1) is 17.6 Å². The highest BCUT2D eigenvalue weighted by atomic mass is 32.2. The van der Waals surface area contributed by atoms with Crippen molar-refractivity contribution in [2.75, 3.05) is 33.4 Å². The number of nitrogens with zero attached hydrogens (tertiary/aromatic N) is 2. The summed E-state index contributed by atoms with van der Waals surface area (Å²) in [5, 5.41) is 0. The lowest BCUT2D eigenvalue weighted by Crippen LogP contribution is -2.45. The molecule has 0 N–H and O–H groups in total. The van der Waals surface area contributed by atoms with Crippen LogP contribution >= 0.6 is 0 Å². The quantitative estimate of drug-likeness (QED) is 0.780. The maximum absolute atomic E-state index is 13.4. The minimum Gasteiger partial charge on any atom is -0.378 e. The third-order valence-corrected chi connectivity index (χ3v) is 6.00. The van der Waals surface area contributed by atoms with E-state index in [0.717, 1.165) is 16.4 Å². The first kappa shape index (κ1) is 16.3. The molecule has 2 aliphatic rings. The zero-order chi connectivity index (χ0) is 16.8. The third kappa shape index (κ3) is 2.96. The van der Waals surface area contributed by atoms with Gasteiger partial charge in [0, 0.05) is 26.2 Å². The number of benzene rings is 1. The van der Waals surface area contributed by atoms with Crippen molar-refractivity contribution in [1.82, 2.24) is 9.21 Å². The summed E-state index contributed by atoms with van der Waals surface area (Å²) in [6.45, 7) is 0.310. The lowest BCUT2D eigenvalue weighted by molar-refractivity contribution is -0.133. The van der Waals surface area contributed by atoms with Crippen LogP contribution in [-0.2, 0) is 19.6 Å². The van der Waals surface area contributed by atoms with Crippen molar-refractivity contribution in [3.8, 4) is 0 Å². The molecule has 2 bridgehead atoms. The molecule has 2 atom stereocenters. The Morgan fingerprint density at radius 1 is 1.13 bits per heavy atom. The van der Waals surface area contributed by atoms with Crippen LogP contribution in [0.15, 0.2) is 23.1 Å². The van der Waals surface area contributed by atoms with Gasteiger partial charge < -0.3 is 9.64 Å². The molecule has 2 heterocycles. The van der Waals surface area contributed by atoms with Crippen molar-refractivity contribution in [1.29, 1.82) is 0 Å². The molecule has 1 aromatic rings. The Balaban J connectivity index is 1.98. The molecule has 1 amide bonds. The van der Waals surface area contributed by atoms with Gasteiger partial charge in [0.1, 0.15) is 11.6 Å². The summed E-state index contributed by atoms with van der Waals surface area (Å²) in [6.07, 6.45) is 0. The van der Waals surface area contributed by atoms with Crippen LogP contribution in [0.1, 0.15) is 0 Å². The van der Waals surface area contributed by atoms with E-state index in [1.54, 1.807) is 7.05 Å². The molecule has 0 aromatic heterocycles. The smallest absolute Gasteiger partial charge is 0.243 e. The van der Waals surface area contributed by atoms with Crippen molar-refractivity contribution >= 4 is 15.9 Å². The fraction of sp³-hybridized carbons (Fsp3) is 0.500. The number of ether oxygens (including phenoxy) is 1. The van der Waals surface area contributed by atoms with Gasteiger partial charge in [0.2, 0.25) is 15.9 Å². The average molecular weight is 346 g/mol. The SMILES string of the molecule is CN1C(=O)[C@H]2COC[C@@H]1CN(S(=O)(=O)c1cc(F)cc(F)c1)C2. The Kier molecular flexibility index (Phi) is 4.11. The van der Waals surface area contributed by atoms with Crippen LogP contribution in [0.4, 0.5) is 8.78 Å². The summed E-state index contributed by atoms with van der Waals surface area (Å²) in [7, 11) is -2.50. The van der Waals surface area contributed by atoms with Crippen molar-refractivity contribution in [2.45, 2.75) is 10.9 Å². The number of carbonyl (C=O) groups excluding carboxylic acids is 1. The Morgan fingerprint density at radius 2 is 1.78 bits per heavy atom. The minimum absolute atomic E-state index is 0.0270. The van der Waals surface area contributed by atoms with E-state index < -0.39 is 38.5 Å². The normalized spacial score (nSPS) is 26.2. The Bertz CT molecular complexity index is 720. The molecule has 3 rings (SSSR count). The second kappa shape index (κ2) is 5.81. The van der Waals surface area contributed by atoms with E-state index in [-0.39, 0.29) is 32.2 Å². The number of hydrogen-bond acceptors (Lipinski definition) is 4. The summed E-state index contributed by atoms with van der Waals surface area (Å²) in [5.41, 5.74) is 0. The van der Waals surface area contributed by atoms with Crippen molar-refractivity contribution in [3.63, 3.8) is 0 Å². The summed E-state index contributed by atoms with van der Waals surface area (Å²) in [5.74, 6) is -2.73. The van der Waals surface area contributed by atoms with Crippen LogP contribution in [-0.4, -0.2) is 62.9 Å². The molecule has 0 radical (unpaired) electrons. The third-order valence-electron chi connectivity index (χ3n) is 4.19. The molecule has 0 aliphatic carbocycles. The molecule has 9 heteroatoms. The van der Waals surface area contributed by atoms with Gasteiger partial charge in [-0.05, 0) is 12.1 Å². The molecule has 0 spiro atoms. The molecule has 2 aliphatic heterocycles. The largest absolute Gasteiger partial charge is 0.378 e. The Labute approximate surface area is 132 Å². The molecule has 6 nitrogen and oxygen atoms in total. The van der Waals surface area contributed by atoms with Crippen molar-refractivity contribution < 1.29 is 26.7 Å². The number of fused-ring (bicyclic) bond motifs is 3. The molecular weight excluding hydrogens is 330 g/mol. The Morgan fingerprint density at radius 3 is 2.43 bits per heavy atom. The van der Waals surface area contributed by atoms with E-state index >= 15 is 0 Å². The van der Waals surface area contributed by atoms with Crippen molar-refractivity contribution in [3.05, 3.63) is 29.8 Å². The van der Waals surface area contributed by atoms with Crippen LogP contribution < -0.4 is 0 Å². The van der Waals surface area contributed by atoms with Gasteiger partial charge in [-0.2, -0.15) is 4.31 Å². The van der Waals surface area contributed by atoms with Gasteiger partial charge in [-0.15, -0.1) is 0 Å². The number of likely N-dealkylation sites (N-methyl/N-ethyl adjacent to an activating group) is 1. The van der Waals surface area contributed by atoms with Gasteiger partial charge in [0.15, 0.2) is 0 Å². The predicted molar refractivity (Wildman–Crippen MR) is 76.0 cm³/mol. The molecule has 2 fully saturated rings. The summed E-state index contributed by atoms with van der Waals surface area (Å²) in [4.78, 5) is 13.3. The highest BCUT2D eigenvalue weighted by Crippen LogP contribution is 2.25. The van der Waals surface area contributed by atoms with E-state index in [1.807, 2.05) is 0 Å². The summed E-state index contributed by atoms with van der Waals surface area (Å²) < 4.78 is 58.6. The highest BCUT2D eigenvalue weighted by molar-refractivity contribution is 7.89. The minimum atomic E-state index is -4.10. The lowest BCUT2D eigenvalue weighted by Gasteiger charge is -2.28. The van der Waals surface area contributed by atoms with Crippen LogP contribution in [0.25, 0.3) is 0 Å². The van der Waals surface area contributed by atoms with E-state index in [1.165, 1.54) is 4.90 Å². The monoisotopic (exact) mass is 346 g/mol.